The summed E-state index contributed by atoms with van der Waals surface area (Å²) >= 11 is 0. The summed E-state index contributed by atoms with van der Waals surface area (Å²) in [5.74, 6) is 0.902. The lowest BCUT2D eigenvalue weighted by Gasteiger charge is -2.35. The molecule has 0 aromatic rings. The summed E-state index contributed by atoms with van der Waals surface area (Å²) in [6.45, 7) is 12.3. The molecular formula is C12H24N2. The number of hydrogen-bond donors (Lipinski definition) is 0. The molecule has 0 N–H and O–H groups in total. The zero-order valence-corrected chi connectivity index (χ0v) is 10.1. The highest BCUT2D eigenvalue weighted by Crippen LogP contribution is 2.37. The van der Waals surface area contributed by atoms with E-state index in [-0.39, 0.29) is 0 Å². The summed E-state index contributed by atoms with van der Waals surface area (Å²) in [7, 11) is 2.25. The fourth-order valence-corrected chi connectivity index (χ4v) is 2.83. The van der Waals surface area contributed by atoms with Crippen LogP contribution in [0.3, 0.4) is 0 Å². The van der Waals surface area contributed by atoms with Gasteiger partial charge < -0.3 is 4.90 Å². The highest BCUT2D eigenvalue weighted by atomic mass is 15.3. The van der Waals surface area contributed by atoms with Crippen molar-refractivity contribution in [2.75, 3.05) is 33.2 Å². The Kier molecular flexibility index (Phi) is 2.61. The largest absolute Gasteiger partial charge is 0.304 e. The smallest absolute Gasteiger partial charge is 0.0227 e. The molecule has 0 saturated carbocycles. The minimum absolute atomic E-state index is 0.496. The first kappa shape index (κ1) is 10.4. The summed E-state index contributed by atoms with van der Waals surface area (Å²) in [6.07, 6.45) is 1.41. The molecule has 2 saturated heterocycles. The molecule has 0 aromatic carbocycles. The van der Waals surface area contributed by atoms with E-state index in [1.165, 1.54) is 32.6 Å². The summed E-state index contributed by atoms with van der Waals surface area (Å²) in [6, 6.07) is 0.845. The Morgan fingerprint density at radius 1 is 1.07 bits per heavy atom. The lowest BCUT2D eigenvalue weighted by molar-refractivity contribution is 0.122. The lowest BCUT2D eigenvalue weighted by Crippen LogP contribution is -2.48. The molecule has 2 fully saturated rings. The highest BCUT2D eigenvalue weighted by molar-refractivity contribution is 4.94. The van der Waals surface area contributed by atoms with Gasteiger partial charge >= 0.3 is 0 Å². The van der Waals surface area contributed by atoms with E-state index < -0.39 is 0 Å². The van der Waals surface area contributed by atoms with E-state index in [1.54, 1.807) is 0 Å². The molecule has 0 amide bonds. The van der Waals surface area contributed by atoms with Crippen molar-refractivity contribution in [3.63, 3.8) is 0 Å². The number of likely N-dealkylation sites (N-methyl/N-ethyl adjacent to an activating group) is 1. The van der Waals surface area contributed by atoms with Crippen molar-refractivity contribution >= 4 is 0 Å². The molecule has 2 atom stereocenters. The van der Waals surface area contributed by atoms with Crippen molar-refractivity contribution in [3.05, 3.63) is 0 Å². The quantitative estimate of drug-likeness (QED) is 0.581. The van der Waals surface area contributed by atoms with E-state index in [2.05, 4.69) is 37.6 Å². The summed E-state index contributed by atoms with van der Waals surface area (Å²) < 4.78 is 0. The van der Waals surface area contributed by atoms with Gasteiger partial charge in [-0.15, -0.1) is 0 Å². The number of fused-ring (bicyclic) bond motifs is 1. The number of hydrogen-bond acceptors (Lipinski definition) is 2. The zero-order valence-electron chi connectivity index (χ0n) is 10.1. The standard InChI is InChI=1S/C12H24N2/c1-12(2,3)10-7-11-9-13(4)5-6-14(11)8-10/h10-11H,5-9H2,1-4H3/t10?,11-/m0/s1. The zero-order chi connectivity index (χ0) is 10.3. The molecular weight excluding hydrogens is 172 g/mol. The Morgan fingerprint density at radius 2 is 1.79 bits per heavy atom. The maximum atomic E-state index is 2.70. The van der Waals surface area contributed by atoms with E-state index in [0.717, 1.165) is 12.0 Å². The fourth-order valence-electron chi connectivity index (χ4n) is 2.83. The second kappa shape index (κ2) is 3.49. The molecule has 0 aromatic heterocycles. The second-order valence-corrected chi connectivity index (χ2v) is 6.21. The topological polar surface area (TPSA) is 6.48 Å². The Morgan fingerprint density at radius 3 is 2.43 bits per heavy atom. The van der Waals surface area contributed by atoms with E-state index in [4.69, 9.17) is 0 Å². The predicted octanol–water partition coefficient (Wildman–Crippen LogP) is 1.67. The Hall–Kier alpha value is -0.0800. The van der Waals surface area contributed by atoms with Crippen LogP contribution in [0.25, 0.3) is 0 Å². The molecule has 14 heavy (non-hydrogen) atoms. The van der Waals surface area contributed by atoms with Crippen LogP contribution in [0.15, 0.2) is 0 Å². The van der Waals surface area contributed by atoms with Crippen LogP contribution in [0, 0.1) is 11.3 Å². The summed E-state index contributed by atoms with van der Waals surface area (Å²) in [5.41, 5.74) is 0.496. The molecule has 2 rings (SSSR count). The first-order valence-corrected chi connectivity index (χ1v) is 5.89. The first-order chi connectivity index (χ1) is 6.47. The van der Waals surface area contributed by atoms with Crippen molar-refractivity contribution in [1.82, 2.24) is 9.80 Å². The average Bonchev–Trinajstić information content (AvgIpc) is 2.45. The SMILES string of the molecule is CN1CCN2CC(C(C)(C)C)C[C@H]2C1. The van der Waals surface area contributed by atoms with Gasteiger partial charge in [0, 0.05) is 32.2 Å². The Labute approximate surface area is 88.3 Å². The Balaban J connectivity index is 1.99. The van der Waals surface area contributed by atoms with Crippen LogP contribution >= 0.6 is 0 Å². The van der Waals surface area contributed by atoms with E-state index in [1.807, 2.05) is 0 Å². The molecule has 1 unspecified atom stereocenters. The van der Waals surface area contributed by atoms with Crippen LogP contribution in [0.5, 0.6) is 0 Å². The number of nitrogens with zero attached hydrogens (tertiary/aromatic N) is 2. The van der Waals surface area contributed by atoms with E-state index >= 15 is 0 Å². The van der Waals surface area contributed by atoms with Gasteiger partial charge in [-0.1, -0.05) is 20.8 Å². The normalized spacial score (nSPS) is 36.0. The van der Waals surface area contributed by atoms with Crippen molar-refractivity contribution in [2.45, 2.75) is 33.2 Å². The van der Waals surface area contributed by atoms with Gasteiger partial charge in [-0.25, -0.2) is 0 Å². The van der Waals surface area contributed by atoms with Crippen LogP contribution in [0.2, 0.25) is 0 Å². The molecule has 0 spiro atoms. The summed E-state index contributed by atoms with van der Waals surface area (Å²) in [5, 5.41) is 0. The molecule has 82 valence electrons. The van der Waals surface area contributed by atoms with E-state index in [0.29, 0.717) is 5.41 Å². The van der Waals surface area contributed by atoms with Crippen molar-refractivity contribution < 1.29 is 0 Å². The third kappa shape index (κ3) is 1.96. The molecule has 0 aliphatic carbocycles. The van der Waals surface area contributed by atoms with Crippen LogP contribution in [0.1, 0.15) is 27.2 Å². The monoisotopic (exact) mass is 196 g/mol. The molecule has 2 heteroatoms. The van der Waals surface area contributed by atoms with Gasteiger partial charge in [0.05, 0.1) is 0 Å². The number of rotatable bonds is 0. The average molecular weight is 196 g/mol. The van der Waals surface area contributed by atoms with Crippen LogP contribution < -0.4 is 0 Å². The summed E-state index contributed by atoms with van der Waals surface area (Å²) in [4.78, 5) is 5.18. The van der Waals surface area contributed by atoms with E-state index in [9.17, 15) is 0 Å². The minimum Gasteiger partial charge on any atom is -0.304 e. The van der Waals surface area contributed by atoms with Crippen molar-refractivity contribution in [2.24, 2.45) is 11.3 Å². The van der Waals surface area contributed by atoms with Gasteiger partial charge in [-0.05, 0) is 24.8 Å². The van der Waals surface area contributed by atoms with Gasteiger partial charge in [0.2, 0.25) is 0 Å². The van der Waals surface area contributed by atoms with Gasteiger partial charge in [0.25, 0.3) is 0 Å². The lowest BCUT2D eigenvalue weighted by atomic mass is 9.79. The molecule has 2 heterocycles. The van der Waals surface area contributed by atoms with Crippen molar-refractivity contribution in [1.29, 1.82) is 0 Å². The molecule has 0 radical (unpaired) electrons. The third-order valence-corrected chi connectivity index (χ3v) is 4.04. The van der Waals surface area contributed by atoms with Gasteiger partial charge in [0.1, 0.15) is 0 Å². The fraction of sp³-hybridized carbons (Fsp3) is 1.00. The molecule has 2 aliphatic rings. The molecule has 0 bridgehead atoms. The molecule has 2 aliphatic heterocycles. The van der Waals surface area contributed by atoms with Crippen molar-refractivity contribution in [3.8, 4) is 0 Å². The van der Waals surface area contributed by atoms with Crippen LogP contribution in [-0.4, -0.2) is 49.1 Å². The third-order valence-electron chi connectivity index (χ3n) is 4.04. The second-order valence-electron chi connectivity index (χ2n) is 6.21. The highest BCUT2D eigenvalue weighted by Gasteiger charge is 2.39. The van der Waals surface area contributed by atoms with Crippen LogP contribution in [0.4, 0.5) is 0 Å². The first-order valence-electron chi connectivity index (χ1n) is 5.89. The maximum Gasteiger partial charge on any atom is 0.0227 e. The number of piperazine rings is 1. The van der Waals surface area contributed by atoms with Gasteiger partial charge in [-0.2, -0.15) is 0 Å². The van der Waals surface area contributed by atoms with Gasteiger partial charge in [-0.3, -0.25) is 4.90 Å². The maximum absolute atomic E-state index is 2.70. The Bertz CT molecular complexity index is 207. The van der Waals surface area contributed by atoms with Gasteiger partial charge in [0.15, 0.2) is 0 Å². The van der Waals surface area contributed by atoms with Crippen LogP contribution in [-0.2, 0) is 0 Å². The minimum atomic E-state index is 0.496. The molecule has 2 nitrogen and oxygen atoms in total. The predicted molar refractivity (Wildman–Crippen MR) is 60.4 cm³/mol.